The number of ether oxygens (including phenoxy) is 1. The van der Waals surface area contributed by atoms with Crippen LogP contribution in [0.25, 0.3) is 0 Å². The number of carbonyl (C=O) groups is 1. The number of hydrogen-bond donors (Lipinski definition) is 0. The summed E-state index contributed by atoms with van der Waals surface area (Å²) >= 11 is 0. The Hall–Kier alpha value is -1.36. The molecule has 18 heavy (non-hydrogen) atoms. The van der Waals surface area contributed by atoms with Crippen LogP contribution in [0.3, 0.4) is 0 Å². The second kappa shape index (κ2) is 7.16. The third-order valence-corrected chi connectivity index (χ3v) is 3.36. The quantitative estimate of drug-likeness (QED) is 0.545. The summed E-state index contributed by atoms with van der Waals surface area (Å²) in [5.74, 6) is 0.746. The zero-order valence-corrected chi connectivity index (χ0v) is 11.6. The summed E-state index contributed by atoms with van der Waals surface area (Å²) in [6.07, 6.45) is 3.58. The lowest BCUT2D eigenvalue weighted by Gasteiger charge is -2.36. The molecule has 0 saturated carbocycles. The van der Waals surface area contributed by atoms with Gasteiger partial charge in [0.05, 0.1) is 19.9 Å². The van der Waals surface area contributed by atoms with E-state index in [1.807, 2.05) is 4.90 Å². The average molecular weight is 253 g/mol. The number of hydrogen-bond acceptors (Lipinski definition) is 4. The zero-order chi connectivity index (χ0) is 13.5. The monoisotopic (exact) mass is 253 g/mol. The van der Waals surface area contributed by atoms with E-state index in [1.54, 1.807) is 20.2 Å². The molecule has 1 aliphatic heterocycles. The van der Waals surface area contributed by atoms with Crippen molar-refractivity contribution >= 4 is 12.6 Å². The number of carbonyl (C=O) groups excluding carboxylic acids is 1. The molecule has 5 nitrogen and oxygen atoms in total. The molecule has 1 saturated heterocycles. The van der Waals surface area contributed by atoms with Crippen molar-refractivity contribution in [2.24, 2.45) is 4.99 Å². The van der Waals surface area contributed by atoms with Crippen LogP contribution in [0.1, 0.15) is 19.8 Å². The number of nitrogens with zero attached hydrogens (tertiary/aromatic N) is 3. The second-order valence-corrected chi connectivity index (χ2v) is 4.66. The Morgan fingerprint density at radius 3 is 2.61 bits per heavy atom. The van der Waals surface area contributed by atoms with E-state index >= 15 is 0 Å². The lowest BCUT2D eigenvalue weighted by atomic mass is 10.0. The summed E-state index contributed by atoms with van der Waals surface area (Å²) < 4.78 is 5.21. The summed E-state index contributed by atoms with van der Waals surface area (Å²) in [7, 11) is 3.69. The van der Waals surface area contributed by atoms with Crippen LogP contribution < -0.4 is 0 Å². The molecule has 1 rings (SSSR count). The molecular weight excluding hydrogens is 230 g/mol. The number of amides is 1. The molecule has 0 aromatic rings. The molecule has 102 valence electrons. The molecular formula is C13H23N3O2. The van der Waals surface area contributed by atoms with E-state index in [-0.39, 0.29) is 5.91 Å². The largest absolute Gasteiger partial charge is 0.498 e. The minimum absolute atomic E-state index is 0.0802. The van der Waals surface area contributed by atoms with Gasteiger partial charge < -0.3 is 14.5 Å². The third-order valence-electron chi connectivity index (χ3n) is 3.36. The third kappa shape index (κ3) is 4.14. The van der Waals surface area contributed by atoms with Gasteiger partial charge in [0.2, 0.25) is 5.91 Å². The normalized spacial score (nSPS) is 18.5. The predicted molar refractivity (Wildman–Crippen MR) is 72.5 cm³/mol. The van der Waals surface area contributed by atoms with Gasteiger partial charge in [-0.2, -0.15) is 0 Å². The van der Waals surface area contributed by atoms with Crippen molar-refractivity contribution in [2.45, 2.75) is 25.8 Å². The molecule has 1 fully saturated rings. The average Bonchev–Trinajstić information content (AvgIpc) is 2.35. The van der Waals surface area contributed by atoms with Gasteiger partial charge in [0.25, 0.3) is 0 Å². The molecule has 0 aromatic heterocycles. The molecule has 5 heteroatoms. The van der Waals surface area contributed by atoms with Crippen molar-refractivity contribution in [3.63, 3.8) is 0 Å². The van der Waals surface area contributed by atoms with E-state index in [2.05, 4.69) is 23.7 Å². The molecule has 0 spiro atoms. The first kappa shape index (κ1) is 14.7. The maximum atomic E-state index is 11.8. The van der Waals surface area contributed by atoms with Crippen LogP contribution >= 0.6 is 0 Å². The van der Waals surface area contributed by atoms with Crippen LogP contribution in [0.4, 0.5) is 0 Å². The first-order valence-electron chi connectivity index (χ1n) is 6.23. The number of rotatable bonds is 5. The molecule has 1 aliphatic rings. The predicted octanol–water partition coefficient (Wildman–Crippen LogP) is 1.12. The summed E-state index contributed by atoms with van der Waals surface area (Å²) in [6, 6.07) is 0.294. The zero-order valence-electron chi connectivity index (χ0n) is 11.6. The molecule has 0 aliphatic carbocycles. The molecule has 1 amide bonds. The minimum Gasteiger partial charge on any atom is -0.498 e. The van der Waals surface area contributed by atoms with E-state index in [0.29, 0.717) is 18.3 Å². The highest BCUT2D eigenvalue weighted by atomic mass is 16.5. The van der Waals surface area contributed by atoms with Gasteiger partial charge in [-0.3, -0.25) is 9.79 Å². The Morgan fingerprint density at radius 1 is 1.56 bits per heavy atom. The van der Waals surface area contributed by atoms with Crippen LogP contribution in [0, 0.1) is 0 Å². The maximum absolute atomic E-state index is 11.8. The fourth-order valence-corrected chi connectivity index (χ4v) is 2.23. The van der Waals surface area contributed by atoms with Crippen LogP contribution in [0.2, 0.25) is 0 Å². The lowest BCUT2D eigenvalue weighted by molar-refractivity contribution is -0.132. The summed E-state index contributed by atoms with van der Waals surface area (Å²) in [6.45, 7) is 7.54. The number of aliphatic imine (C=N–C) groups is 1. The molecule has 1 heterocycles. The van der Waals surface area contributed by atoms with Gasteiger partial charge in [-0.1, -0.05) is 0 Å². The van der Waals surface area contributed by atoms with Crippen molar-refractivity contribution in [2.75, 3.05) is 33.8 Å². The van der Waals surface area contributed by atoms with E-state index in [9.17, 15) is 4.79 Å². The fourth-order valence-electron chi connectivity index (χ4n) is 2.23. The number of likely N-dealkylation sites (tertiary alicyclic amines) is 1. The van der Waals surface area contributed by atoms with E-state index in [0.717, 1.165) is 25.9 Å². The Bertz CT molecular complexity index is 320. The Kier molecular flexibility index (Phi) is 5.85. The van der Waals surface area contributed by atoms with Gasteiger partial charge in [-0.25, -0.2) is 0 Å². The Morgan fingerprint density at radius 2 is 2.17 bits per heavy atom. The first-order valence-corrected chi connectivity index (χ1v) is 6.23. The second-order valence-electron chi connectivity index (χ2n) is 4.66. The minimum atomic E-state index is 0.0802. The van der Waals surface area contributed by atoms with Gasteiger partial charge in [-0.05, 0) is 39.7 Å². The summed E-state index contributed by atoms with van der Waals surface area (Å²) in [5, 5.41) is 0. The van der Waals surface area contributed by atoms with Crippen LogP contribution in [0.15, 0.2) is 17.0 Å². The van der Waals surface area contributed by atoms with Gasteiger partial charge in [-0.15, -0.1) is 0 Å². The maximum Gasteiger partial charge on any atom is 0.220 e. The molecule has 0 unspecified atom stereocenters. The Labute approximate surface area is 109 Å². The number of methoxy groups -OCH3 is 1. The standard InChI is InChI=1S/C13H23N3O2/c1-11(17)16(10-13(18-4)9-14-2)12-5-7-15(3)8-6-12/h9,12H,2,5-8,10H2,1,3-4H3/b13-9-. The summed E-state index contributed by atoms with van der Waals surface area (Å²) in [5.41, 5.74) is 0. The molecule has 0 radical (unpaired) electrons. The Balaban J connectivity index is 2.68. The molecule has 0 aromatic carbocycles. The molecule has 0 bridgehead atoms. The molecule has 0 N–H and O–H groups in total. The fraction of sp³-hybridized carbons (Fsp3) is 0.692. The first-order chi connectivity index (χ1) is 8.58. The van der Waals surface area contributed by atoms with Crippen molar-refractivity contribution in [3.05, 3.63) is 12.0 Å². The van der Waals surface area contributed by atoms with Crippen molar-refractivity contribution < 1.29 is 9.53 Å². The van der Waals surface area contributed by atoms with Crippen LogP contribution in [0.5, 0.6) is 0 Å². The van der Waals surface area contributed by atoms with Gasteiger partial charge in [0.15, 0.2) is 0 Å². The van der Waals surface area contributed by atoms with Crippen molar-refractivity contribution in [1.82, 2.24) is 9.80 Å². The summed E-state index contributed by atoms with van der Waals surface area (Å²) in [4.78, 5) is 19.6. The van der Waals surface area contributed by atoms with Gasteiger partial charge in [0.1, 0.15) is 5.76 Å². The highest BCUT2D eigenvalue weighted by molar-refractivity contribution is 5.73. The van der Waals surface area contributed by atoms with Gasteiger partial charge in [0, 0.05) is 13.0 Å². The van der Waals surface area contributed by atoms with Gasteiger partial charge >= 0.3 is 0 Å². The molecule has 0 atom stereocenters. The van der Waals surface area contributed by atoms with E-state index in [4.69, 9.17) is 4.74 Å². The topological polar surface area (TPSA) is 45.1 Å². The number of piperidine rings is 1. The highest BCUT2D eigenvalue weighted by Crippen LogP contribution is 2.17. The smallest absolute Gasteiger partial charge is 0.220 e. The SMILES string of the molecule is C=N/C=C(/CN(C(C)=O)C1CCN(C)CC1)OC. The van der Waals surface area contributed by atoms with E-state index in [1.165, 1.54) is 0 Å². The van der Waals surface area contributed by atoms with Crippen LogP contribution in [-0.2, 0) is 9.53 Å². The lowest BCUT2D eigenvalue weighted by Crippen LogP contribution is -2.46. The highest BCUT2D eigenvalue weighted by Gasteiger charge is 2.25. The van der Waals surface area contributed by atoms with Crippen LogP contribution in [-0.4, -0.2) is 62.3 Å². The van der Waals surface area contributed by atoms with Crippen molar-refractivity contribution in [1.29, 1.82) is 0 Å². The van der Waals surface area contributed by atoms with Crippen molar-refractivity contribution in [3.8, 4) is 0 Å². The van der Waals surface area contributed by atoms with E-state index < -0.39 is 0 Å².